The number of oxime groups is 1. The topological polar surface area (TPSA) is 79.9 Å². The summed E-state index contributed by atoms with van der Waals surface area (Å²) in [6.07, 6.45) is 0.193. The zero-order chi connectivity index (χ0) is 14.3. The van der Waals surface area contributed by atoms with Gasteiger partial charge < -0.3 is 21.0 Å². The second kappa shape index (κ2) is 7.70. The Bertz CT molecular complexity index is 436. The monoisotopic (exact) mass is 269 g/mol. The number of nitrogens with zero attached hydrogens (tertiary/aromatic N) is 1. The molecule has 0 fully saturated rings. The summed E-state index contributed by atoms with van der Waals surface area (Å²) < 4.78 is 19.1. The molecule has 0 saturated heterocycles. The number of halogens is 1. The van der Waals surface area contributed by atoms with Gasteiger partial charge in [0, 0.05) is 24.2 Å². The standard InChI is InChI=1S/C13H20FN3O2/c1-9(2)19-6-5-16-8-11-4-3-10(7-12(11)14)13(15)17-18/h3-4,7,9,16,18H,5-6,8H2,1-2H3,(H2,15,17). The molecule has 0 heterocycles. The van der Waals surface area contributed by atoms with Gasteiger partial charge in [-0.15, -0.1) is 0 Å². The lowest BCUT2D eigenvalue weighted by Gasteiger charge is -2.09. The van der Waals surface area contributed by atoms with Crippen molar-refractivity contribution in [3.05, 3.63) is 35.1 Å². The minimum atomic E-state index is -0.388. The third-order valence-corrected chi connectivity index (χ3v) is 2.50. The molecule has 106 valence electrons. The summed E-state index contributed by atoms with van der Waals surface area (Å²) in [6.45, 7) is 5.57. The lowest BCUT2D eigenvalue weighted by atomic mass is 10.1. The van der Waals surface area contributed by atoms with E-state index in [0.29, 0.717) is 30.8 Å². The maximum Gasteiger partial charge on any atom is 0.170 e. The fourth-order valence-corrected chi connectivity index (χ4v) is 1.50. The number of rotatable bonds is 7. The Morgan fingerprint density at radius 1 is 1.53 bits per heavy atom. The Morgan fingerprint density at radius 2 is 2.26 bits per heavy atom. The molecule has 1 rings (SSSR count). The summed E-state index contributed by atoms with van der Waals surface area (Å²) in [5, 5.41) is 14.4. The van der Waals surface area contributed by atoms with Gasteiger partial charge in [-0.3, -0.25) is 0 Å². The fourth-order valence-electron chi connectivity index (χ4n) is 1.50. The number of ether oxygens (including phenoxy) is 1. The Morgan fingerprint density at radius 3 is 2.84 bits per heavy atom. The Kier molecular flexibility index (Phi) is 6.24. The summed E-state index contributed by atoms with van der Waals surface area (Å²) in [5.41, 5.74) is 6.26. The van der Waals surface area contributed by atoms with Crippen molar-refractivity contribution in [2.75, 3.05) is 13.2 Å². The molecule has 0 bridgehead atoms. The van der Waals surface area contributed by atoms with Crippen LogP contribution in [0.3, 0.4) is 0 Å². The molecule has 0 aliphatic rings. The molecule has 0 aliphatic heterocycles. The van der Waals surface area contributed by atoms with E-state index in [2.05, 4.69) is 10.5 Å². The first kappa shape index (κ1) is 15.4. The van der Waals surface area contributed by atoms with E-state index in [4.69, 9.17) is 15.7 Å². The molecule has 0 radical (unpaired) electrons. The molecule has 0 saturated carbocycles. The number of hydrogen-bond donors (Lipinski definition) is 3. The highest BCUT2D eigenvalue weighted by molar-refractivity contribution is 5.97. The van der Waals surface area contributed by atoms with Crippen molar-refractivity contribution in [3.63, 3.8) is 0 Å². The van der Waals surface area contributed by atoms with Crippen molar-refractivity contribution in [3.8, 4) is 0 Å². The van der Waals surface area contributed by atoms with Crippen LogP contribution in [0.5, 0.6) is 0 Å². The van der Waals surface area contributed by atoms with Gasteiger partial charge in [-0.2, -0.15) is 0 Å². The van der Waals surface area contributed by atoms with Crippen molar-refractivity contribution >= 4 is 5.84 Å². The van der Waals surface area contributed by atoms with Gasteiger partial charge in [0.15, 0.2) is 5.84 Å². The molecular weight excluding hydrogens is 249 g/mol. The highest BCUT2D eigenvalue weighted by Gasteiger charge is 2.06. The Balaban J connectivity index is 2.47. The van der Waals surface area contributed by atoms with Gasteiger partial charge in [0.1, 0.15) is 5.82 Å². The fraction of sp³-hybridized carbons (Fsp3) is 0.462. The molecule has 0 spiro atoms. The van der Waals surface area contributed by atoms with Crippen LogP contribution in [0.4, 0.5) is 4.39 Å². The van der Waals surface area contributed by atoms with Crippen LogP contribution in [-0.2, 0) is 11.3 Å². The molecule has 0 aromatic heterocycles. The summed E-state index contributed by atoms with van der Waals surface area (Å²) in [7, 11) is 0. The lowest BCUT2D eigenvalue weighted by molar-refractivity contribution is 0.0806. The van der Waals surface area contributed by atoms with Crippen molar-refractivity contribution < 1.29 is 14.3 Å². The van der Waals surface area contributed by atoms with Gasteiger partial charge in [0.25, 0.3) is 0 Å². The minimum absolute atomic E-state index is 0.108. The van der Waals surface area contributed by atoms with E-state index in [1.54, 1.807) is 12.1 Å². The number of benzene rings is 1. The van der Waals surface area contributed by atoms with E-state index < -0.39 is 0 Å². The molecule has 0 amide bonds. The van der Waals surface area contributed by atoms with E-state index in [0.717, 1.165) is 0 Å². The predicted molar refractivity (Wildman–Crippen MR) is 71.7 cm³/mol. The van der Waals surface area contributed by atoms with Crippen molar-refractivity contribution in [2.24, 2.45) is 10.9 Å². The van der Waals surface area contributed by atoms with E-state index >= 15 is 0 Å². The first-order chi connectivity index (χ1) is 9.04. The van der Waals surface area contributed by atoms with Crippen LogP contribution in [0, 0.1) is 5.82 Å². The van der Waals surface area contributed by atoms with Crippen LogP contribution in [-0.4, -0.2) is 30.3 Å². The molecule has 6 heteroatoms. The number of nitrogens with one attached hydrogen (secondary N) is 1. The van der Waals surface area contributed by atoms with Crippen LogP contribution >= 0.6 is 0 Å². The first-order valence-corrected chi connectivity index (χ1v) is 6.13. The molecule has 4 N–H and O–H groups in total. The molecule has 0 unspecified atom stereocenters. The average molecular weight is 269 g/mol. The van der Waals surface area contributed by atoms with Gasteiger partial charge in [0.2, 0.25) is 0 Å². The molecule has 19 heavy (non-hydrogen) atoms. The molecular formula is C13H20FN3O2. The van der Waals surface area contributed by atoms with Gasteiger partial charge in [-0.05, 0) is 19.9 Å². The highest BCUT2D eigenvalue weighted by Crippen LogP contribution is 2.10. The smallest absolute Gasteiger partial charge is 0.170 e. The van der Waals surface area contributed by atoms with Crippen LogP contribution < -0.4 is 11.1 Å². The van der Waals surface area contributed by atoms with E-state index in [-0.39, 0.29) is 17.8 Å². The van der Waals surface area contributed by atoms with E-state index in [1.165, 1.54) is 6.07 Å². The quantitative estimate of drug-likeness (QED) is 0.230. The molecule has 1 aromatic rings. The third-order valence-electron chi connectivity index (χ3n) is 2.50. The van der Waals surface area contributed by atoms with Gasteiger partial charge in [-0.25, -0.2) is 4.39 Å². The molecule has 1 aromatic carbocycles. The molecule has 0 aliphatic carbocycles. The van der Waals surface area contributed by atoms with E-state index in [9.17, 15) is 4.39 Å². The van der Waals surface area contributed by atoms with Gasteiger partial charge in [-0.1, -0.05) is 17.3 Å². The zero-order valence-corrected chi connectivity index (χ0v) is 11.2. The average Bonchev–Trinajstić information content (AvgIpc) is 2.38. The lowest BCUT2D eigenvalue weighted by Crippen LogP contribution is -2.21. The van der Waals surface area contributed by atoms with E-state index in [1.807, 2.05) is 13.8 Å². The maximum absolute atomic E-state index is 13.7. The largest absolute Gasteiger partial charge is 0.409 e. The van der Waals surface area contributed by atoms with Crippen molar-refractivity contribution in [1.29, 1.82) is 0 Å². The predicted octanol–water partition coefficient (Wildman–Crippen LogP) is 1.43. The second-order valence-corrected chi connectivity index (χ2v) is 4.39. The second-order valence-electron chi connectivity index (χ2n) is 4.39. The van der Waals surface area contributed by atoms with Gasteiger partial charge >= 0.3 is 0 Å². The van der Waals surface area contributed by atoms with Crippen molar-refractivity contribution in [2.45, 2.75) is 26.5 Å². The summed E-state index contributed by atoms with van der Waals surface area (Å²) in [4.78, 5) is 0. The minimum Gasteiger partial charge on any atom is -0.409 e. The summed E-state index contributed by atoms with van der Waals surface area (Å²) in [5.74, 6) is -0.495. The van der Waals surface area contributed by atoms with Crippen LogP contribution in [0.15, 0.2) is 23.4 Å². The van der Waals surface area contributed by atoms with Crippen molar-refractivity contribution in [1.82, 2.24) is 5.32 Å². The van der Waals surface area contributed by atoms with Crippen LogP contribution in [0.25, 0.3) is 0 Å². The normalized spacial score (nSPS) is 12.1. The van der Waals surface area contributed by atoms with Crippen LogP contribution in [0.1, 0.15) is 25.0 Å². The maximum atomic E-state index is 13.7. The highest BCUT2D eigenvalue weighted by atomic mass is 19.1. The first-order valence-electron chi connectivity index (χ1n) is 6.13. The Labute approximate surface area is 112 Å². The number of nitrogens with two attached hydrogens (primary N) is 1. The third kappa shape index (κ3) is 5.23. The zero-order valence-electron chi connectivity index (χ0n) is 11.2. The number of amidine groups is 1. The summed E-state index contributed by atoms with van der Waals surface area (Å²) >= 11 is 0. The molecule has 0 atom stereocenters. The summed E-state index contributed by atoms with van der Waals surface area (Å²) in [6, 6.07) is 4.47. The SMILES string of the molecule is CC(C)OCCNCc1ccc(/C(N)=N/O)cc1F. The Hall–Kier alpha value is -1.66. The van der Waals surface area contributed by atoms with Gasteiger partial charge in [0.05, 0.1) is 12.7 Å². The number of hydrogen-bond acceptors (Lipinski definition) is 4. The molecule has 5 nitrogen and oxygen atoms in total. The van der Waals surface area contributed by atoms with Crippen LogP contribution in [0.2, 0.25) is 0 Å².